The van der Waals surface area contributed by atoms with Gasteiger partial charge in [-0.2, -0.15) is 0 Å². The van der Waals surface area contributed by atoms with Gasteiger partial charge in [-0.15, -0.1) is 0 Å². The number of Topliss-reactive ketones (excluding diaryl/α,β-unsaturated/α-hetero) is 1. The molecule has 4 nitrogen and oxygen atoms in total. The average Bonchev–Trinajstić information content (AvgIpc) is 1.65. The van der Waals surface area contributed by atoms with Crippen LogP contribution in [-0.2, 0) is 4.79 Å². The minimum Gasteiger partial charge on any atom is -0.412 e. The fraction of sp³-hybridized carbons (Fsp3) is 0.500. The van der Waals surface area contributed by atoms with Gasteiger partial charge in [0.1, 0.15) is 5.71 Å². The SMILES string of the molecule is CC(=O)C(C)=NO.O. The van der Waals surface area contributed by atoms with E-state index in [0.29, 0.717) is 0 Å². The van der Waals surface area contributed by atoms with E-state index in [1.165, 1.54) is 13.8 Å². The smallest absolute Gasteiger partial charge is 0.177 e. The molecule has 8 heavy (non-hydrogen) atoms. The maximum atomic E-state index is 10.1. The highest BCUT2D eigenvalue weighted by Crippen LogP contribution is 1.73. The van der Waals surface area contributed by atoms with Crippen molar-refractivity contribution in [1.82, 2.24) is 0 Å². The zero-order valence-electron chi connectivity index (χ0n) is 4.80. The molecule has 0 saturated carbocycles. The van der Waals surface area contributed by atoms with E-state index < -0.39 is 0 Å². The normalized spacial score (nSPS) is 10.0. The molecule has 0 spiro atoms. The van der Waals surface area contributed by atoms with Gasteiger partial charge >= 0.3 is 0 Å². The third kappa shape index (κ3) is 3.30. The maximum absolute atomic E-state index is 10.1. The highest BCUT2D eigenvalue weighted by molar-refractivity contribution is 6.37. The first-order chi connectivity index (χ1) is 3.18. The molecule has 0 bridgehead atoms. The van der Waals surface area contributed by atoms with Gasteiger partial charge in [0, 0.05) is 6.92 Å². The largest absolute Gasteiger partial charge is 0.412 e. The first kappa shape index (κ1) is 10.2. The van der Waals surface area contributed by atoms with Crippen molar-refractivity contribution in [2.75, 3.05) is 0 Å². The molecule has 0 aliphatic rings. The van der Waals surface area contributed by atoms with E-state index in [9.17, 15) is 4.79 Å². The molecule has 0 radical (unpaired) electrons. The summed E-state index contributed by atoms with van der Waals surface area (Å²) in [5.74, 6) is -0.206. The fourth-order valence-corrected chi connectivity index (χ4v) is 0.0704. The van der Waals surface area contributed by atoms with Gasteiger partial charge in [0.25, 0.3) is 0 Å². The van der Waals surface area contributed by atoms with Crippen LogP contribution < -0.4 is 0 Å². The molecule has 0 aromatic heterocycles. The summed E-state index contributed by atoms with van der Waals surface area (Å²) >= 11 is 0. The van der Waals surface area contributed by atoms with Crippen molar-refractivity contribution < 1.29 is 15.5 Å². The van der Waals surface area contributed by atoms with Gasteiger partial charge < -0.3 is 10.7 Å². The van der Waals surface area contributed by atoms with Crippen molar-refractivity contribution >= 4 is 11.5 Å². The standard InChI is InChI=1S/C4H7NO2.H2O/c1-3(5-7)4(2)6;/h7H,1-2H3;1H2. The lowest BCUT2D eigenvalue weighted by atomic mass is 10.3. The van der Waals surface area contributed by atoms with Crippen LogP contribution in [0.2, 0.25) is 0 Å². The molecule has 0 unspecified atom stereocenters. The van der Waals surface area contributed by atoms with E-state index in [-0.39, 0.29) is 17.0 Å². The molecular weight excluding hydrogens is 110 g/mol. The van der Waals surface area contributed by atoms with Gasteiger partial charge in [-0.3, -0.25) is 4.79 Å². The van der Waals surface area contributed by atoms with E-state index in [1.807, 2.05) is 0 Å². The first-order valence-corrected chi connectivity index (χ1v) is 1.88. The highest BCUT2D eigenvalue weighted by atomic mass is 16.4. The summed E-state index contributed by atoms with van der Waals surface area (Å²) < 4.78 is 0. The fourth-order valence-electron chi connectivity index (χ4n) is 0.0704. The van der Waals surface area contributed by atoms with Crippen LogP contribution in [0.4, 0.5) is 0 Å². The Hall–Kier alpha value is -0.900. The van der Waals surface area contributed by atoms with Gasteiger partial charge in [-0.05, 0) is 6.92 Å². The van der Waals surface area contributed by atoms with Gasteiger partial charge in [0.2, 0.25) is 0 Å². The minimum atomic E-state index is -0.206. The van der Waals surface area contributed by atoms with Crippen LogP contribution in [0, 0.1) is 0 Å². The second-order valence-corrected chi connectivity index (χ2v) is 1.24. The lowest BCUT2D eigenvalue weighted by Crippen LogP contribution is -2.02. The summed E-state index contributed by atoms with van der Waals surface area (Å²) in [6.07, 6.45) is 0. The van der Waals surface area contributed by atoms with Gasteiger partial charge in [-0.1, -0.05) is 5.16 Å². The molecule has 48 valence electrons. The Balaban J connectivity index is 0. The lowest BCUT2D eigenvalue weighted by Gasteiger charge is -1.82. The Labute approximate surface area is 47.1 Å². The Kier molecular flexibility index (Phi) is 5.41. The van der Waals surface area contributed by atoms with Crippen LogP contribution in [0.15, 0.2) is 5.16 Å². The van der Waals surface area contributed by atoms with Crippen LogP contribution in [0.25, 0.3) is 0 Å². The van der Waals surface area contributed by atoms with E-state index >= 15 is 0 Å². The number of oxime groups is 1. The van der Waals surface area contributed by atoms with Crippen LogP contribution in [-0.4, -0.2) is 22.2 Å². The van der Waals surface area contributed by atoms with Gasteiger partial charge in [0.15, 0.2) is 5.78 Å². The predicted molar refractivity (Wildman–Crippen MR) is 29.2 cm³/mol. The topological polar surface area (TPSA) is 81.2 Å². The number of carbonyl (C=O) groups is 1. The lowest BCUT2D eigenvalue weighted by molar-refractivity contribution is -0.111. The Bertz CT molecular complexity index is 108. The van der Waals surface area contributed by atoms with Crippen molar-refractivity contribution in [3.8, 4) is 0 Å². The molecule has 0 atom stereocenters. The summed E-state index contributed by atoms with van der Waals surface area (Å²) in [6.45, 7) is 2.79. The molecule has 0 fully saturated rings. The van der Waals surface area contributed by atoms with E-state index in [1.54, 1.807) is 0 Å². The minimum absolute atomic E-state index is 0. The summed E-state index contributed by atoms with van der Waals surface area (Å²) in [4.78, 5) is 10.1. The monoisotopic (exact) mass is 119 g/mol. The number of carbonyl (C=O) groups excluding carboxylic acids is 1. The molecule has 0 aliphatic carbocycles. The van der Waals surface area contributed by atoms with E-state index in [0.717, 1.165) is 0 Å². The molecule has 3 N–H and O–H groups in total. The number of rotatable bonds is 1. The summed E-state index contributed by atoms with van der Waals surface area (Å²) in [6, 6.07) is 0. The number of hydrogen-bond acceptors (Lipinski definition) is 3. The van der Waals surface area contributed by atoms with Crippen molar-refractivity contribution in [1.29, 1.82) is 0 Å². The van der Waals surface area contributed by atoms with Crippen molar-refractivity contribution in [3.63, 3.8) is 0 Å². The van der Waals surface area contributed by atoms with Crippen molar-refractivity contribution in [2.45, 2.75) is 13.8 Å². The Morgan fingerprint density at radius 2 is 1.88 bits per heavy atom. The zero-order valence-corrected chi connectivity index (χ0v) is 4.80. The molecule has 0 aromatic rings. The third-order valence-corrected chi connectivity index (χ3v) is 0.660. The maximum Gasteiger partial charge on any atom is 0.177 e. The summed E-state index contributed by atoms with van der Waals surface area (Å²) in [7, 11) is 0. The van der Waals surface area contributed by atoms with Gasteiger partial charge in [0.05, 0.1) is 0 Å². The van der Waals surface area contributed by atoms with Crippen molar-refractivity contribution in [3.05, 3.63) is 0 Å². The molecule has 0 heterocycles. The zero-order chi connectivity index (χ0) is 5.86. The van der Waals surface area contributed by atoms with Gasteiger partial charge in [-0.25, -0.2) is 0 Å². The van der Waals surface area contributed by atoms with Crippen LogP contribution in [0.3, 0.4) is 0 Å². The third-order valence-electron chi connectivity index (χ3n) is 0.660. The highest BCUT2D eigenvalue weighted by Gasteiger charge is 1.93. The summed E-state index contributed by atoms with van der Waals surface area (Å²) in [5.41, 5.74) is 0.139. The van der Waals surface area contributed by atoms with Crippen LogP contribution >= 0.6 is 0 Å². The van der Waals surface area contributed by atoms with E-state index in [2.05, 4.69) is 5.16 Å². The molecule has 0 rings (SSSR count). The quantitative estimate of drug-likeness (QED) is 0.289. The Morgan fingerprint density at radius 1 is 1.50 bits per heavy atom. The molecule has 0 aromatic carbocycles. The molecule has 4 heteroatoms. The Morgan fingerprint density at radius 3 is 1.88 bits per heavy atom. The van der Waals surface area contributed by atoms with E-state index in [4.69, 9.17) is 5.21 Å². The predicted octanol–water partition coefficient (Wildman–Crippen LogP) is -0.399. The second-order valence-electron chi connectivity index (χ2n) is 1.24. The van der Waals surface area contributed by atoms with Crippen molar-refractivity contribution in [2.24, 2.45) is 5.16 Å². The number of hydrogen-bond donors (Lipinski definition) is 1. The number of ketones is 1. The summed E-state index contributed by atoms with van der Waals surface area (Å²) in [5, 5.41) is 10.5. The molecule has 0 amide bonds. The van der Waals surface area contributed by atoms with Crippen LogP contribution in [0.1, 0.15) is 13.8 Å². The molecule has 0 saturated heterocycles. The second kappa shape index (κ2) is 4.26. The molecule has 0 aliphatic heterocycles. The number of nitrogens with zero attached hydrogens (tertiary/aromatic N) is 1. The van der Waals surface area contributed by atoms with Crippen LogP contribution in [0.5, 0.6) is 0 Å². The molecular formula is C4H9NO3. The first-order valence-electron chi connectivity index (χ1n) is 1.88. The average molecular weight is 119 g/mol.